The van der Waals surface area contributed by atoms with E-state index in [-0.39, 0.29) is 11.0 Å². The second-order valence-electron chi connectivity index (χ2n) is 7.81. The van der Waals surface area contributed by atoms with Gasteiger partial charge in [0.05, 0.1) is 11.0 Å². The van der Waals surface area contributed by atoms with E-state index in [0.717, 1.165) is 38.6 Å². The summed E-state index contributed by atoms with van der Waals surface area (Å²) in [4.78, 5) is 37.9. The van der Waals surface area contributed by atoms with E-state index in [1.54, 1.807) is 19.9 Å². The largest absolute Gasteiger partial charge is 0.489 e. The minimum atomic E-state index is -0.614. The second kappa shape index (κ2) is 9.92. The lowest BCUT2D eigenvalue weighted by Crippen LogP contribution is -2.35. The molecule has 0 radical (unpaired) electrons. The fourth-order valence-corrected chi connectivity index (χ4v) is 4.33. The van der Waals surface area contributed by atoms with E-state index >= 15 is 0 Å². The number of hydrogen-bond acceptors (Lipinski definition) is 6. The summed E-state index contributed by atoms with van der Waals surface area (Å²) >= 11 is 0.805. The van der Waals surface area contributed by atoms with E-state index in [2.05, 4.69) is 18.2 Å². The van der Waals surface area contributed by atoms with Crippen LogP contribution in [0.2, 0.25) is 0 Å². The lowest BCUT2D eigenvalue weighted by atomic mass is 10.1. The maximum absolute atomic E-state index is 12.6. The smallest absolute Gasteiger partial charge is 0.326 e. The highest BCUT2D eigenvalue weighted by molar-refractivity contribution is 8.18. The number of ether oxygens (including phenoxy) is 2. The van der Waals surface area contributed by atoms with Crippen LogP contribution in [-0.4, -0.2) is 34.7 Å². The molecule has 2 amide bonds. The highest BCUT2D eigenvalue weighted by Crippen LogP contribution is 2.32. The summed E-state index contributed by atoms with van der Waals surface area (Å²) in [6, 6.07) is 21.6. The Hall–Kier alpha value is -3.58. The Balaban J connectivity index is 1.46. The zero-order valence-electron chi connectivity index (χ0n) is 18.3. The molecule has 0 unspecified atom stereocenters. The van der Waals surface area contributed by atoms with Crippen molar-refractivity contribution in [2.45, 2.75) is 26.6 Å². The molecule has 3 aromatic carbocycles. The number of rotatable bonds is 7. The van der Waals surface area contributed by atoms with Gasteiger partial charge >= 0.3 is 5.97 Å². The number of nitrogens with zero attached hydrogens (tertiary/aromatic N) is 1. The minimum absolute atomic E-state index is 0.253. The average Bonchev–Trinajstić information content (AvgIpc) is 3.04. The standard InChI is InChI=1S/C26H23NO5S/c1-17(2)32-24(28)15-27-25(29)23(33-26(27)30)14-18-7-5-11-21(13-18)31-16-20-10-6-9-19-8-3-4-12-22(19)20/h3-14,17H,15-16H2,1-2H3/b23-14-. The molecule has 0 aromatic heterocycles. The van der Waals surface area contributed by atoms with Gasteiger partial charge in [0.25, 0.3) is 11.1 Å². The molecule has 0 bridgehead atoms. The number of benzene rings is 3. The molecule has 4 rings (SSSR count). The van der Waals surface area contributed by atoms with E-state index < -0.39 is 23.7 Å². The maximum atomic E-state index is 12.6. The topological polar surface area (TPSA) is 72.9 Å². The van der Waals surface area contributed by atoms with Crippen molar-refractivity contribution in [3.8, 4) is 5.75 Å². The number of imide groups is 1. The third-order valence-electron chi connectivity index (χ3n) is 4.96. The number of fused-ring (bicyclic) bond motifs is 1. The number of hydrogen-bond donors (Lipinski definition) is 0. The van der Waals surface area contributed by atoms with Gasteiger partial charge in [0.15, 0.2) is 0 Å². The number of amides is 2. The summed E-state index contributed by atoms with van der Waals surface area (Å²) in [6.45, 7) is 3.43. The van der Waals surface area contributed by atoms with E-state index in [1.165, 1.54) is 0 Å². The molecule has 168 valence electrons. The third-order valence-corrected chi connectivity index (χ3v) is 5.87. The Morgan fingerprint density at radius 3 is 2.61 bits per heavy atom. The van der Waals surface area contributed by atoms with Crippen LogP contribution in [0.15, 0.2) is 71.6 Å². The molecule has 33 heavy (non-hydrogen) atoms. The molecule has 1 saturated heterocycles. The van der Waals surface area contributed by atoms with Crippen molar-refractivity contribution in [1.82, 2.24) is 4.90 Å². The summed E-state index contributed by atoms with van der Waals surface area (Å²) in [5.41, 5.74) is 1.80. The first-order chi connectivity index (χ1) is 15.9. The molecule has 0 spiro atoms. The Kier molecular flexibility index (Phi) is 6.79. The zero-order chi connectivity index (χ0) is 23.4. The number of carbonyl (C=O) groups excluding carboxylic acids is 3. The van der Waals surface area contributed by atoms with Crippen molar-refractivity contribution in [2.24, 2.45) is 0 Å². The van der Waals surface area contributed by atoms with E-state index in [0.29, 0.717) is 12.4 Å². The van der Waals surface area contributed by atoms with Crippen LogP contribution < -0.4 is 4.74 Å². The average molecular weight is 462 g/mol. The van der Waals surface area contributed by atoms with Gasteiger partial charge in [-0.25, -0.2) is 0 Å². The first-order valence-electron chi connectivity index (χ1n) is 10.5. The van der Waals surface area contributed by atoms with Crippen molar-refractivity contribution < 1.29 is 23.9 Å². The molecule has 1 heterocycles. The van der Waals surface area contributed by atoms with Gasteiger partial charge in [-0.2, -0.15) is 0 Å². The summed E-state index contributed by atoms with van der Waals surface area (Å²) < 4.78 is 11.0. The van der Waals surface area contributed by atoms with Crippen LogP contribution >= 0.6 is 11.8 Å². The van der Waals surface area contributed by atoms with E-state index in [4.69, 9.17) is 9.47 Å². The molecular weight excluding hydrogens is 438 g/mol. The lowest BCUT2D eigenvalue weighted by molar-refractivity contribution is -0.149. The summed E-state index contributed by atoms with van der Waals surface area (Å²) in [6.07, 6.45) is 1.31. The molecule has 0 N–H and O–H groups in total. The Morgan fingerprint density at radius 1 is 1.03 bits per heavy atom. The summed E-state index contributed by atoms with van der Waals surface area (Å²) in [5, 5.41) is 1.80. The van der Waals surface area contributed by atoms with Gasteiger partial charge in [0, 0.05) is 0 Å². The van der Waals surface area contributed by atoms with Gasteiger partial charge < -0.3 is 9.47 Å². The molecule has 7 heteroatoms. The Bertz CT molecular complexity index is 1240. The van der Waals surface area contributed by atoms with Crippen molar-refractivity contribution in [3.05, 3.63) is 82.8 Å². The van der Waals surface area contributed by atoms with Crippen molar-refractivity contribution in [1.29, 1.82) is 0 Å². The predicted octanol–water partition coefficient (Wildman–Crippen LogP) is 5.41. The number of esters is 1. The van der Waals surface area contributed by atoms with Gasteiger partial charge in [0.2, 0.25) is 0 Å². The van der Waals surface area contributed by atoms with Crippen LogP contribution in [0.3, 0.4) is 0 Å². The molecular formula is C26H23NO5S. The Labute approximate surface area is 196 Å². The van der Waals surface area contributed by atoms with Crippen molar-refractivity contribution in [2.75, 3.05) is 6.54 Å². The number of thioether (sulfide) groups is 1. The molecule has 1 aliphatic rings. The molecule has 1 aliphatic heterocycles. The zero-order valence-corrected chi connectivity index (χ0v) is 19.1. The number of carbonyl (C=O) groups is 3. The Morgan fingerprint density at radius 2 is 1.79 bits per heavy atom. The van der Waals surface area contributed by atoms with Crippen LogP contribution in [0.5, 0.6) is 5.75 Å². The van der Waals surface area contributed by atoms with E-state index in [9.17, 15) is 14.4 Å². The third kappa shape index (κ3) is 5.43. The fourth-order valence-electron chi connectivity index (χ4n) is 3.49. The van der Waals surface area contributed by atoms with Gasteiger partial charge in [-0.05, 0) is 65.7 Å². The molecule has 0 saturated carbocycles. The maximum Gasteiger partial charge on any atom is 0.326 e. The highest BCUT2D eigenvalue weighted by Gasteiger charge is 2.36. The molecule has 3 aromatic rings. The van der Waals surface area contributed by atoms with Crippen LogP contribution in [0.25, 0.3) is 16.8 Å². The predicted molar refractivity (Wildman–Crippen MR) is 129 cm³/mol. The van der Waals surface area contributed by atoms with Crippen LogP contribution in [0.1, 0.15) is 25.0 Å². The highest BCUT2D eigenvalue weighted by atomic mass is 32.2. The van der Waals surface area contributed by atoms with Crippen LogP contribution in [0, 0.1) is 0 Å². The van der Waals surface area contributed by atoms with Gasteiger partial charge in [-0.3, -0.25) is 19.3 Å². The fraction of sp³-hybridized carbons (Fsp3) is 0.192. The molecule has 0 atom stereocenters. The quantitative estimate of drug-likeness (QED) is 0.346. The normalized spacial score (nSPS) is 15.0. The first-order valence-corrected chi connectivity index (χ1v) is 11.4. The summed E-state index contributed by atoms with van der Waals surface area (Å²) in [5.74, 6) is -0.471. The lowest BCUT2D eigenvalue weighted by Gasteiger charge is -2.13. The van der Waals surface area contributed by atoms with Gasteiger partial charge in [-0.15, -0.1) is 0 Å². The summed E-state index contributed by atoms with van der Waals surface area (Å²) in [7, 11) is 0. The van der Waals surface area contributed by atoms with Gasteiger partial charge in [0.1, 0.15) is 18.9 Å². The van der Waals surface area contributed by atoms with Crippen molar-refractivity contribution in [3.63, 3.8) is 0 Å². The van der Waals surface area contributed by atoms with Crippen LogP contribution in [0.4, 0.5) is 4.79 Å². The molecule has 0 aliphatic carbocycles. The molecule has 6 nitrogen and oxygen atoms in total. The van der Waals surface area contributed by atoms with E-state index in [1.807, 2.05) is 48.5 Å². The molecule has 1 fully saturated rings. The van der Waals surface area contributed by atoms with Crippen LogP contribution in [-0.2, 0) is 20.9 Å². The second-order valence-corrected chi connectivity index (χ2v) is 8.80. The minimum Gasteiger partial charge on any atom is -0.489 e. The van der Waals surface area contributed by atoms with Crippen molar-refractivity contribution >= 4 is 45.7 Å². The van der Waals surface area contributed by atoms with Gasteiger partial charge in [-0.1, -0.05) is 54.6 Å². The SMILES string of the molecule is CC(C)OC(=O)CN1C(=O)S/C(=C\c2cccc(OCc3cccc4ccccc34)c2)C1=O. The monoisotopic (exact) mass is 461 g/mol. The first kappa shape index (κ1) is 22.6.